The summed E-state index contributed by atoms with van der Waals surface area (Å²) in [7, 11) is 0.411. The van der Waals surface area contributed by atoms with E-state index in [0.29, 0.717) is 18.0 Å². The standard InChI is InChI=1S/C17H21N5O2S/c1-20-8-5-14-11-15(3-4-16(14)20)25(23,24)22-9-6-13(7-10-22)17-19-18-12-21(17)2/h3-5,8,11-13H,6-7,9-10H2,1-2H3. The maximum Gasteiger partial charge on any atom is 0.243 e. The van der Waals surface area contributed by atoms with Gasteiger partial charge in [0.15, 0.2) is 0 Å². The largest absolute Gasteiger partial charge is 0.351 e. The molecule has 4 rings (SSSR count). The normalized spacial score (nSPS) is 17.4. The number of fused-ring (bicyclic) bond motifs is 1. The first kappa shape index (κ1) is 16.3. The number of aryl methyl sites for hydroxylation is 2. The molecule has 1 aliphatic rings. The highest BCUT2D eigenvalue weighted by atomic mass is 32.2. The lowest BCUT2D eigenvalue weighted by Crippen LogP contribution is -2.38. The van der Waals surface area contributed by atoms with Crippen LogP contribution in [0.15, 0.2) is 41.7 Å². The van der Waals surface area contributed by atoms with Gasteiger partial charge in [0.2, 0.25) is 10.0 Å². The quantitative estimate of drug-likeness (QED) is 0.716. The monoisotopic (exact) mass is 359 g/mol. The van der Waals surface area contributed by atoms with Gasteiger partial charge in [-0.2, -0.15) is 4.31 Å². The third-order valence-corrected chi connectivity index (χ3v) is 6.95. The Morgan fingerprint density at radius 2 is 1.84 bits per heavy atom. The number of nitrogens with zero attached hydrogens (tertiary/aromatic N) is 5. The Bertz CT molecular complexity index is 1010. The van der Waals surface area contributed by atoms with Gasteiger partial charge in [0.25, 0.3) is 0 Å². The first-order valence-corrected chi connectivity index (χ1v) is 9.80. The molecule has 0 amide bonds. The molecule has 2 aromatic heterocycles. The van der Waals surface area contributed by atoms with E-state index in [0.717, 1.165) is 29.6 Å². The lowest BCUT2D eigenvalue weighted by Gasteiger charge is -2.30. The Kier molecular flexibility index (Phi) is 3.88. The molecule has 3 aromatic rings. The van der Waals surface area contributed by atoms with Crippen molar-refractivity contribution in [2.75, 3.05) is 13.1 Å². The van der Waals surface area contributed by atoms with Crippen LogP contribution in [0.2, 0.25) is 0 Å². The van der Waals surface area contributed by atoms with Crippen molar-refractivity contribution in [3.8, 4) is 0 Å². The number of hydrogen-bond donors (Lipinski definition) is 0. The van der Waals surface area contributed by atoms with Crippen molar-refractivity contribution in [1.29, 1.82) is 0 Å². The van der Waals surface area contributed by atoms with Crippen LogP contribution in [0.3, 0.4) is 0 Å². The highest BCUT2D eigenvalue weighted by Gasteiger charge is 2.31. The Hall–Kier alpha value is -2.19. The van der Waals surface area contributed by atoms with Crippen molar-refractivity contribution < 1.29 is 8.42 Å². The molecular formula is C17H21N5O2S. The fourth-order valence-corrected chi connectivity index (χ4v) is 5.09. The fraction of sp³-hybridized carbons (Fsp3) is 0.412. The average Bonchev–Trinajstić information content (AvgIpc) is 3.21. The molecule has 0 bridgehead atoms. The van der Waals surface area contributed by atoms with Crippen LogP contribution in [0, 0.1) is 0 Å². The van der Waals surface area contributed by atoms with Gasteiger partial charge in [0, 0.05) is 50.2 Å². The number of aromatic nitrogens is 4. The lowest BCUT2D eigenvalue weighted by atomic mass is 9.97. The summed E-state index contributed by atoms with van der Waals surface area (Å²) in [6.07, 6.45) is 5.15. The molecule has 0 unspecified atom stereocenters. The van der Waals surface area contributed by atoms with Gasteiger partial charge in [-0.3, -0.25) is 0 Å². The van der Waals surface area contributed by atoms with Gasteiger partial charge in [-0.25, -0.2) is 8.42 Å². The summed E-state index contributed by atoms with van der Waals surface area (Å²) in [6.45, 7) is 1.01. The van der Waals surface area contributed by atoms with Crippen molar-refractivity contribution in [1.82, 2.24) is 23.6 Å². The van der Waals surface area contributed by atoms with Gasteiger partial charge in [0.05, 0.1) is 4.90 Å². The first-order valence-electron chi connectivity index (χ1n) is 8.36. The maximum absolute atomic E-state index is 13.0. The number of sulfonamides is 1. The SMILES string of the molecule is Cn1cnnc1C1CCN(S(=O)(=O)c2ccc3c(ccn3C)c2)CC1. The third kappa shape index (κ3) is 2.75. The number of benzene rings is 1. The van der Waals surface area contributed by atoms with Crippen molar-refractivity contribution in [3.05, 3.63) is 42.6 Å². The number of rotatable bonds is 3. The van der Waals surface area contributed by atoms with Gasteiger partial charge >= 0.3 is 0 Å². The molecule has 1 aromatic carbocycles. The highest BCUT2D eigenvalue weighted by molar-refractivity contribution is 7.89. The molecule has 0 atom stereocenters. The first-order chi connectivity index (χ1) is 12.0. The Labute approximate surface area is 146 Å². The lowest BCUT2D eigenvalue weighted by molar-refractivity contribution is 0.310. The van der Waals surface area contributed by atoms with E-state index >= 15 is 0 Å². The molecule has 132 valence electrons. The van der Waals surface area contributed by atoms with Gasteiger partial charge in [-0.05, 0) is 37.1 Å². The highest BCUT2D eigenvalue weighted by Crippen LogP contribution is 2.30. The summed E-state index contributed by atoms with van der Waals surface area (Å²) in [4.78, 5) is 0.364. The molecule has 0 saturated carbocycles. The molecule has 8 heteroatoms. The molecule has 0 N–H and O–H groups in total. The van der Waals surface area contributed by atoms with E-state index in [1.54, 1.807) is 22.8 Å². The molecule has 0 aliphatic carbocycles. The Morgan fingerprint density at radius 1 is 1.08 bits per heavy atom. The molecule has 0 radical (unpaired) electrons. The summed E-state index contributed by atoms with van der Waals surface area (Å²) in [5.41, 5.74) is 1.03. The smallest absolute Gasteiger partial charge is 0.243 e. The van der Waals surface area contributed by atoms with Crippen LogP contribution in [0.4, 0.5) is 0 Å². The van der Waals surface area contributed by atoms with Gasteiger partial charge < -0.3 is 9.13 Å². The Balaban J connectivity index is 1.55. The molecular weight excluding hydrogens is 338 g/mol. The van der Waals surface area contributed by atoms with Gasteiger partial charge in [-0.15, -0.1) is 10.2 Å². The van der Waals surface area contributed by atoms with E-state index in [4.69, 9.17) is 0 Å². The average molecular weight is 359 g/mol. The second-order valence-corrected chi connectivity index (χ2v) is 8.56. The van der Waals surface area contributed by atoms with Crippen molar-refractivity contribution in [2.24, 2.45) is 14.1 Å². The molecule has 1 aliphatic heterocycles. The topological polar surface area (TPSA) is 73.0 Å². The van der Waals surface area contributed by atoms with Crippen LogP contribution < -0.4 is 0 Å². The Morgan fingerprint density at radius 3 is 2.52 bits per heavy atom. The van der Waals surface area contributed by atoms with E-state index in [9.17, 15) is 8.42 Å². The van der Waals surface area contributed by atoms with Crippen LogP contribution in [0.1, 0.15) is 24.6 Å². The van der Waals surface area contributed by atoms with Crippen LogP contribution in [-0.4, -0.2) is 45.1 Å². The molecule has 1 saturated heterocycles. The fourth-order valence-electron chi connectivity index (χ4n) is 3.59. The van der Waals surface area contributed by atoms with E-state index < -0.39 is 10.0 Å². The van der Waals surface area contributed by atoms with Gasteiger partial charge in [-0.1, -0.05) is 0 Å². The van der Waals surface area contributed by atoms with Crippen molar-refractivity contribution >= 4 is 20.9 Å². The summed E-state index contributed by atoms with van der Waals surface area (Å²) < 4.78 is 31.5. The number of piperidine rings is 1. The molecule has 0 spiro atoms. The van der Waals surface area contributed by atoms with Crippen molar-refractivity contribution in [2.45, 2.75) is 23.7 Å². The zero-order valence-corrected chi connectivity index (χ0v) is 15.1. The van der Waals surface area contributed by atoms with Crippen LogP contribution in [0.5, 0.6) is 0 Å². The van der Waals surface area contributed by atoms with E-state index in [2.05, 4.69) is 10.2 Å². The predicted molar refractivity (Wildman–Crippen MR) is 94.7 cm³/mol. The zero-order chi connectivity index (χ0) is 17.6. The minimum atomic E-state index is -3.47. The van der Waals surface area contributed by atoms with Crippen LogP contribution in [0.25, 0.3) is 10.9 Å². The predicted octanol–water partition coefficient (Wildman–Crippen LogP) is 1.88. The third-order valence-electron chi connectivity index (χ3n) is 5.06. The number of hydrogen-bond acceptors (Lipinski definition) is 4. The van der Waals surface area contributed by atoms with E-state index in [-0.39, 0.29) is 5.92 Å². The second kappa shape index (κ2) is 5.96. The minimum Gasteiger partial charge on any atom is -0.351 e. The maximum atomic E-state index is 13.0. The van der Waals surface area contributed by atoms with E-state index in [1.165, 1.54) is 0 Å². The van der Waals surface area contributed by atoms with Crippen LogP contribution in [-0.2, 0) is 24.1 Å². The molecule has 25 heavy (non-hydrogen) atoms. The van der Waals surface area contributed by atoms with Gasteiger partial charge in [0.1, 0.15) is 12.2 Å². The second-order valence-electron chi connectivity index (χ2n) is 6.63. The van der Waals surface area contributed by atoms with Crippen LogP contribution >= 0.6 is 0 Å². The molecule has 1 fully saturated rings. The van der Waals surface area contributed by atoms with E-state index in [1.807, 2.05) is 41.6 Å². The minimum absolute atomic E-state index is 0.260. The molecule has 7 nitrogen and oxygen atoms in total. The summed E-state index contributed by atoms with van der Waals surface area (Å²) >= 11 is 0. The zero-order valence-electron chi connectivity index (χ0n) is 14.3. The summed E-state index contributed by atoms with van der Waals surface area (Å²) in [5, 5.41) is 9.03. The van der Waals surface area contributed by atoms with Crippen molar-refractivity contribution in [3.63, 3.8) is 0 Å². The summed E-state index contributed by atoms with van der Waals surface area (Å²) in [5.74, 6) is 1.19. The summed E-state index contributed by atoms with van der Waals surface area (Å²) in [6, 6.07) is 7.27. The molecule has 3 heterocycles.